The van der Waals surface area contributed by atoms with Crippen LogP contribution in [0.1, 0.15) is 36.9 Å². The second-order valence-electron chi connectivity index (χ2n) is 6.87. The van der Waals surface area contributed by atoms with E-state index in [2.05, 4.69) is 15.7 Å². The smallest absolute Gasteiger partial charge is 0.315 e. The fourth-order valence-electron chi connectivity index (χ4n) is 2.82. The van der Waals surface area contributed by atoms with E-state index < -0.39 is 5.60 Å². The number of urea groups is 1. The Kier molecular flexibility index (Phi) is 4.76. The van der Waals surface area contributed by atoms with E-state index in [0.717, 1.165) is 18.4 Å². The van der Waals surface area contributed by atoms with Crippen molar-refractivity contribution in [1.82, 2.24) is 20.4 Å². The normalized spacial score (nSPS) is 17.6. The fourth-order valence-corrected chi connectivity index (χ4v) is 2.82. The number of nitrogens with zero attached hydrogens (tertiary/aromatic N) is 2. The first-order valence-electron chi connectivity index (χ1n) is 8.36. The molecule has 7 heteroatoms. The summed E-state index contributed by atoms with van der Waals surface area (Å²) in [4.78, 5) is 12.3. The van der Waals surface area contributed by atoms with E-state index in [0.29, 0.717) is 11.5 Å². The second kappa shape index (κ2) is 6.84. The quantitative estimate of drug-likeness (QED) is 0.750. The average Bonchev–Trinajstić information content (AvgIpc) is 3.32. The zero-order chi connectivity index (χ0) is 18.0. The van der Waals surface area contributed by atoms with E-state index in [1.807, 2.05) is 0 Å². The number of hydrogen-bond donors (Lipinski definition) is 3. The Morgan fingerprint density at radius 1 is 1.44 bits per heavy atom. The fraction of sp³-hybridized carbons (Fsp3) is 0.444. The average molecular weight is 346 g/mol. The number of halogens is 1. The number of aliphatic hydroxyl groups is 1. The Hall–Kier alpha value is -2.41. The highest BCUT2D eigenvalue weighted by Crippen LogP contribution is 2.41. The monoisotopic (exact) mass is 346 g/mol. The number of nitrogens with one attached hydrogen (secondary N) is 2. The van der Waals surface area contributed by atoms with Crippen LogP contribution in [0.4, 0.5) is 9.18 Å². The molecule has 1 heterocycles. The molecule has 134 valence electrons. The Morgan fingerprint density at radius 2 is 2.12 bits per heavy atom. The Morgan fingerprint density at radius 3 is 2.68 bits per heavy atom. The van der Waals surface area contributed by atoms with Crippen LogP contribution in [-0.2, 0) is 12.6 Å². The van der Waals surface area contributed by atoms with Crippen LogP contribution in [0.25, 0.3) is 0 Å². The molecule has 0 bridgehead atoms. The lowest BCUT2D eigenvalue weighted by Crippen LogP contribution is -2.44. The Labute approximate surface area is 146 Å². The minimum Gasteiger partial charge on any atom is -0.383 e. The standard InChI is InChI=1S/C18H23FN4O2/c1-18(25,14-9-21-23(2)10-14)11-20-17(24)22-16(12-3-4-12)13-5-7-15(19)8-6-13/h5-10,12,16,25H,3-4,11H2,1-2H3,(H2,20,22,24). The molecule has 2 atom stereocenters. The molecule has 1 fully saturated rings. The molecule has 1 saturated carbocycles. The third-order valence-electron chi connectivity index (χ3n) is 4.53. The van der Waals surface area contributed by atoms with Crippen molar-refractivity contribution in [3.05, 3.63) is 53.6 Å². The van der Waals surface area contributed by atoms with Gasteiger partial charge in [0.05, 0.1) is 18.8 Å². The third-order valence-corrected chi connectivity index (χ3v) is 4.53. The summed E-state index contributed by atoms with van der Waals surface area (Å²) >= 11 is 0. The molecule has 3 N–H and O–H groups in total. The molecule has 2 unspecified atom stereocenters. The molecular weight excluding hydrogens is 323 g/mol. The van der Waals surface area contributed by atoms with Gasteiger partial charge in [-0.2, -0.15) is 5.10 Å². The molecule has 0 aliphatic heterocycles. The highest BCUT2D eigenvalue weighted by atomic mass is 19.1. The summed E-state index contributed by atoms with van der Waals surface area (Å²) in [5, 5.41) is 20.2. The largest absolute Gasteiger partial charge is 0.383 e. The number of aryl methyl sites for hydroxylation is 1. The van der Waals surface area contributed by atoms with Crippen molar-refractivity contribution in [3.8, 4) is 0 Å². The minimum absolute atomic E-state index is 0.0608. The van der Waals surface area contributed by atoms with Crippen LogP contribution in [0.5, 0.6) is 0 Å². The maximum Gasteiger partial charge on any atom is 0.315 e. The number of aromatic nitrogens is 2. The number of rotatable bonds is 6. The van der Waals surface area contributed by atoms with Crippen molar-refractivity contribution in [2.45, 2.75) is 31.4 Å². The Balaban J connectivity index is 1.59. The number of carbonyl (C=O) groups is 1. The van der Waals surface area contributed by atoms with Gasteiger partial charge in [-0.05, 0) is 43.4 Å². The van der Waals surface area contributed by atoms with Gasteiger partial charge in [0.1, 0.15) is 11.4 Å². The van der Waals surface area contributed by atoms with E-state index in [-0.39, 0.29) is 24.4 Å². The molecule has 0 radical (unpaired) electrons. The van der Waals surface area contributed by atoms with Crippen molar-refractivity contribution in [1.29, 1.82) is 0 Å². The first-order valence-corrected chi connectivity index (χ1v) is 8.36. The number of amides is 2. The van der Waals surface area contributed by atoms with Crippen LogP contribution >= 0.6 is 0 Å². The van der Waals surface area contributed by atoms with Crippen LogP contribution < -0.4 is 10.6 Å². The highest BCUT2D eigenvalue weighted by Gasteiger charge is 2.34. The van der Waals surface area contributed by atoms with Gasteiger partial charge in [0.15, 0.2) is 0 Å². The summed E-state index contributed by atoms with van der Waals surface area (Å²) < 4.78 is 14.7. The van der Waals surface area contributed by atoms with Gasteiger partial charge >= 0.3 is 6.03 Å². The van der Waals surface area contributed by atoms with Crippen LogP contribution in [0.3, 0.4) is 0 Å². The van der Waals surface area contributed by atoms with Crippen LogP contribution in [-0.4, -0.2) is 27.5 Å². The lowest BCUT2D eigenvalue weighted by molar-refractivity contribution is 0.0591. The number of benzene rings is 1. The highest BCUT2D eigenvalue weighted by molar-refractivity contribution is 5.74. The van der Waals surface area contributed by atoms with Gasteiger partial charge in [0, 0.05) is 18.8 Å². The molecular formula is C18H23FN4O2. The van der Waals surface area contributed by atoms with Crippen molar-refractivity contribution in [3.63, 3.8) is 0 Å². The summed E-state index contributed by atoms with van der Waals surface area (Å²) in [6.45, 7) is 1.69. The summed E-state index contributed by atoms with van der Waals surface area (Å²) in [6, 6.07) is 5.69. The summed E-state index contributed by atoms with van der Waals surface area (Å²) in [5.41, 5.74) is 0.307. The first-order chi connectivity index (χ1) is 11.8. The van der Waals surface area contributed by atoms with Gasteiger partial charge in [-0.25, -0.2) is 9.18 Å². The first kappa shape index (κ1) is 17.4. The molecule has 6 nitrogen and oxygen atoms in total. The van der Waals surface area contributed by atoms with Gasteiger partial charge in [-0.1, -0.05) is 12.1 Å². The molecule has 1 aromatic heterocycles. The van der Waals surface area contributed by atoms with Crippen LogP contribution in [0, 0.1) is 11.7 Å². The molecule has 3 rings (SSSR count). The minimum atomic E-state index is -1.21. The Bertz CT molecular complexity index is 738. The van der Waals surface area contributed by atoms with Crippen LogP contribution in [0.15, 0.2) is 36.7 Å². The van der Waals surface area contributed by atoms with Crippen molar-refractivity contribution in [2.24, 2.45) is 13.0 Å². The molecule has 1 aromatic carbocycles. The summed E-state index contributed by atoms with van der Waals surface area (Å²) in [6.07, 6.45) is 5.36. The van der Waals surface area contributed by atoms with E-state index in [1.54, 1.807) is 43.2 Å². The maximum atomic E-state index is 13.1. The number of hydrogen-bond acceptors (Lipinski definition) is 3. The third kappa shape index (κ3) is 4.36. The van der Waals surface area contributed by atoms with Gasteiger partial charge in [0.25, 0.3) is 0 Å². The van der Waals surface area contributed by atoms with E-state index >= 15 is 0 Å². The summed E-state index contributed by atoms with van der Waals surface area (Å²) in [5.74, 6) is 0.0744. The molecule has 2 aromatic rings. The molecule has 0 spiro atoms. The zero-order valence-corrected chi connectivity index (χ0v) is 14.4. The lowest BCUT2D eigenvalue weighted by Gasteiger charge is -2.24. The molecule has 1 aliphatic carbocycles. The van der Waals surface area contributed by atoms with Gasteiger partial charge in [0.2, 0.25) is 0 Å². The predicted octanol–water partition coefficient (Wildman–Crippen LogP) is 2.22. The lowest BCUT2D eigenvalue weighted by atomic mass is 10.00. The van der Waals surface area contributed by atoms with Gasteiger partial charge in [-0.3, -0.25) is 4.68 Å². The SMILES string of the molecule is Cn1cc(C(C)(O)CNC(=O)NC(c2ccc(F)cc2)C2CC2)cn1. The predicted molar refractivity (Wildman–Crippen MR) is 91.2 cm³/mol. The van der Waals surface area contributed by atoms with Crippen molar-refractivity contribution in [2.75, 3.05) is 6.54 Å². The van der Waals surface area contributed by atoms with Gasteiger partial charge < -0.3 is 15.7 Å². The van der Waals surface area contributed by atoms with Crippen LogP contribution in [0.2, 0.25) is 0 Å². The number of carbonyl (C=O) groups excluding carboxylic acids is 1. The molecule has 2 amide bonds. The topological polar surface area (TPSA) is 79.2 Å². The molecule has 1 aliphatic rings. The maximum absolute atomic E-state index is 13.1. The van der Waals surface area contributed by atoms with Crippen molar-refractivity contribution >= 4 is 6.03 Å². The second-order valence-corrected chi connectivity index (χ2v) is 6.87. The summed E-state index contributed by atoms with van der Waals surface area (Å²) in [7, 11) is 1.77. The van der Waals surface area contributed by atoms with E-state index in [4.69, 9.17) is 0 Å². The molecule has 25 heavy (non-hydrogen) atoms. The van der Waals surface area contributed by atoms with E-state index in [1.165, 1.54) is 12.1 Å². The zero-order valence-electron chi connectivity index (χ0n) is 14.4. The van der Waals surface area contributed by atoms with Gasteiger partial charge in [-0.15, -0.1) is 0 Å². The molecule has 0 saturated heterocycles. The van der Waals surface area contributed by atoms with E-state index in [9.17, 15) is 14.3 Å². The van der Waals surface area contributed by atoms with Crippen molar-refractivity contribution < 1.29 is 14.3 Å².